The summed E-state index contributed by atoms with van der Waals surface area (Å²) in [7, 11) is 0. The molecule has 0 fully saturated rings. The summed E-state index contributed by atoms with van der Waals surface area (Å²) in [6.07, 6.45) is 9.53. The first-order valence-electron chi connectivity index (χ1n) is 13.6. The van der Waals surface area contributed by atoms with Crippen molar-refractivity contribution in [3.05, 3.63) is 118 Å². The lowest BCUT2D eigenvalue weighted by Gasteiger charge is -2.06. The number of benzene rings is 4. The zero-order valence-corrected chi connectivity index (χ0v) is 22.0. The molecule has 0 saturated carbocycles. The van der Waals surface area contributed by atoms with Crippen molar-refractivity contribution in [2.45, 2.75) is 65.2 Å². The number of rotatable bonds is 8. The summed E-state index contributed by atoms with van der Waals surface area (Å²) >= 11 is 0. The van der Waals surface area contributed by atoms with Gasteiger partial charge >= 0.3 is 0 Å². The minimum Gasteiger partial charge on any atom is -0.205 e. The molecule has 1 heteroatoms. The SMILES string of the molecule is CCCCCCc1ccc2c(F)c(C#Cc3ccc(C#Cc4ccc(CCCC)cc4)cc3)ccc2c1. The minimum atomic E-state index is -0.245. The van der Waals surface area contributed by atoms with Crippen LogP contribution in [0.25, 0.3) is 10.8 Å². The van der Waals surface area contributed by atoms with E-state index >= 15 is 4.39 Å². The Morgan fingerprint density at radius 2 is 1.11 bits per heavy atom. The van der Waals surface area contributed by atoms with E-state index in [9.17, 15) is 0 Å². The average molecular weight is 487 g/mol. The van der Waals surface area contributed by atoms with Gasteiger partial charge in [-0.25, -0.2) is 4.39 Å². The standard InChI is InChI=1S/C36H35F/c1-3-5-7-8-10-32-22-26-35-34(27-32)25-24-33(36(35)37)23-21-31-19-17-30(18-20-31)16-15-29-13-11-28(12-14-29)9-6-4-2/h11-14,17-20,22,24-27H,3-10H2,1-2H3. The molecule has 0 amide bonds. The fourth-order valence-corrected chi connectivity index (χ4v) is 4.41. The van der Waals surface area contributed by atoms with E-state index in [1.54, 1.807) is 6.07 Å². The Hall–Kier alpha value is -3.81. The van der Waals surface area contributed by atoms with Gasteiger partial charge in [-0.2, -0.15) is 0 Å². The fraction of sp³-hybridized carbons (Fsp3) is 0.278. The Balaban J connectivity index is 1.41. The topological polar surface area (TPSA) is 0 Å². The van der Waals surface area contributed by atoms with Crippen LogP contribution >= 0.6 is 0 Å². The van der Waals surface area contributed by atoms with Crippen molar-refractivity contribution in [1.82, 2.24) is 0 Å². The Morgan fingerprint density at radius 3 is 1.76 bits per heavy atom. The van der Waals surface area contributed by atoms with Gasteiger partial charge in [0.05, 0.1) is 5.56 Å². The highest BCUT2D eigenvalue weighted by Crippen LogP contribution is 2.23. The normalized spacial score (nSPS) is 10.5. The summed E-state index contributed by atoms with van der Waals surface area (Å²) in [5.41, 5.74) is 5.85. The molecule has 0 N–H and O–H groups in total. The molecule has 0 bridgehead atoms. The number of hydrogen-bond acceptors (Lipinski definition) is 0. The van der Waals surface area contributed by atoms with Crippen LogP contribution in [0.15, 0.2) is 78.9 Å². The molecule has 4 aromatic carbocycles. The van der Waals surface area contributed by atoms with E-state index in [1.165, 1.54) is 49.7 Å². The minimum absolute atomic E-state index is 0.245. The molecule has 0 spiro atoms. The number of aryl methyl sites for hydroxylation is 2. The Morgan fingerprint density at radius 1 is 0.541 bits per heavy atom. The number of unbranched alkanes of at least 4 members (excludes halogenated alkanes) is 4. The predicted octanol–water partition coefficient (Wildman–Crippen LogP) is 9.24. The predicted molar refractivity (Wildman–Crippen MR) is 155 cm³/mol. The van der Waals surface area contributed by atoms with Gasteiger partial charge in [0, 0.05) is 22.1 Å². The summed E-state index contributed by atoms with van der Waals surface area (Å²) in [6.45, 7) is 4.43. The van der Waals surface area contributed by atoms with E-state index in [0.29, 0.717) is 10.9 Å². The van der Waals surface area contributed by atoms with E-state index in [4.69, 9.17) is 0 Å². The van der Waals surface area contributed by atoms with Crippen LogP contribution < -0.4 is 0 Å². The van der Waals surface area contributed by atoms with Gasteiger partial charge in [0.1, 0.15) is 5.82 Å². The highest BCUT2D eigenvalue weighted by molar-refractivity contribution is 5.85. The van der Waals surface area contributed by atoms with Crippen LogP contribution in [0, 0.1) is 29.5 Å². The molecule has 0 atom stereocenters. The molecular formula is C36H35F. The lowest BCUT2D eigenvalue weighted by atomic mass is 10.00. The van der Waals surface area contributed by atoms with Gasteiger partial charge in [-0.15, -0.1) is 0 Å². The zero-order valence-electron chi connectivity index (χ0n) is 22.0. The molecule has 37 heavy (non-hydrogen) atoms. The van der Waals surface area contributed by atoms with Crippen LogP contribution in [0.4, 0.5) is 4.39 Å². The molecular weight excluding hydrogens is 451 g/mol. The molecule has 0 radical (unpaired) electrons. The van der Waals surface area contributed by atoms with Gasteiger partial charge in [-0.05, 0) is 84.7 Å². The molecule has 186 valence electrons. The van der Waals surface area contributed by atoms with Crippen molar-refractivity contribution in [3.8, 4) is 23.7 Å². The van der Waals surface area contributed by atoms with Gasteiger partial charge in [-0.1, -0.05) is 99.6 Å². The van der Waals surface area contributed by atoms with Gasteiger partial charge in [0.25, 0.3) is 0 Å². The summed E-state index contributed by atoms with van der Waals surface area (Å²) in [6, 6.07) is 26.1. The Labute approximate surface area is 222 Å². The summed E-state index contributed by atoms with van der Waals surface area (Å²) in [4.78, 5) is 0. The average Bonchev–Trinajstić information content (AvgIpc) is 2.94. The van der Waals surface area contributed by atoms with E-state index in [2.05, 4.69) is 73.9 Å². The van der Waals surface area contributed by atoms with Gasteiger partial charge in [0.15, 0.2) is 0 Å². The Bertz CT molecular complexity index is 1440. The molecule has 0 aromatic heterocycles. The van der Waals surface area contributed by atoms with Crippen molar-refractivity contribution >= 4 is 10.8 Å². The lowest BCUT2D eigenvalue weighted by molar-refractivity contribution is 0.636. The second-order valence-corrected chi connectivity index (χ2v) is 9.67. The molecule has 0 aliphatic carbocycles. The summed E-state index contributed by atoms with van der Waals surface area (Å²) in [5, 5.41) is 1.57. The van der Waals surface area contributed by atoms with Crippen molar-refractivity contribution in [3.63, 3.8) is 0 Å². The van der Waals surface area contributed by atoms with Crippen LogP contribution in [-0.2, 0) is 12.8 Å². The van der Waals surface area contributed by atoms with Crippen LogP contribution in [0.1, 0.15) is 85.8 Å². The molecule has 0 unspecified atom stereocenters. The smallest absolute Gasteiger partial charge is 0.146 e. The first-order chi connectivity index (χ1) is 18.2. The van der Waals surface area contributed by atoms with Gasteiger partial charge < -0.3 is 0 Å². The molecule has 4 aromatic rings. The second kappa shape index (κ2) is 13.5. The number of fused-ring (bicyclic) bond motifs is 1. The highest BCUT2D eigenvalue weighted by atomic mass is 19.1. The Kier molecular flexibility index (Phi) is 9.57. The fourth-order valence-electron chi connectivity index (χ4n) is 4.41. The van der Waals surface area contributed by atoms with Gasteiger partial charge in [0.2, 0.25) is 0 Å². The number of halogens is 1. The molecule has 0 aliphatic heterocycles. The van der Waals surface area contributed by atoms with Crippen molar-refractivity contribution < 1.29 is 4.39 Å². The van der Waals surface area contributed by atoms with Crippen molar-refractivity contribution in [2.24, 2.45) is 0 Å². The number of hydrogen-bond donors (Lipinski definition) is 0. The van der Waals surface area contributed by atoms with Crippen molar-refractivity contribution in [1.29, 1.82) is 0 Å². The van der Waals surface area contributed by atoms with E-state index in [1.807, 2.05) is 36.4 Å². The van der Waals surface area contributed by atoms with Crippen LogP contribution in [0.2, 0.25) is 0 Å². The van der Waals surface area contributed by atoms with Crippen LogP contribution in [-0.4, -0.2) is 0 Å². The maximum atomic E-state index is 15.1. The summed E-state index contributed by atoms with van der Waals surface area (Å²) in [5.74, 6) is 12.3. The molecule has 0 saturated heterocycles. The van der Waals surface area contributed by atoms with Crippen LogP contribution in [0.3, 0.4) is 0 Å². The quantitative estimate of drug-likeness (QED) is 0.172. The van der Waals surface area contributed by atoms with Crippen LogP contribution in [0.5, 0.6) is 0 Å². The molecule has 0 nitrogen and oxygen atoms in total. The zero-order chi connectivity index (χ0) is 25.9. The third kappa shape index (κ3) is 7.59. The first kappa shape index (κ1) is 26.3. The molecule has 4 rings (SSSR count). The first-order valence-corrected chi connectivity index (χ1v) is 13.6. The third-order valence-corrected chi connectivity index (χ3v) is 6.69. The summed E-state index contributed by atoms with van der Waals surface area (Å²) < 4.78 is 15.1. The van der Waals surface area contributed by atoms with E-state index in [-0.39, 0.29) is 5.82 Å². The van der Waals surface area contributed by atoms with Crippen molar-refractivity contribution in [2.75, 3.05) is 0 Å². The molecule has 0 aliphatic rings. The lowest BCUT2D eigenvalue weighted by Crippen LogP contribution is -1.90. The van der Waals surface area contributed by atoms with Gasteiger partial charge in [-0.3, -0.25) is 0 Å². The molecule has 0 heterocycles. The second-order valence-electron chi connectivity index (χ2n) is 9.67. The highest BCUT2D eigenvalue weighted by Gasteiger charge is 2.06. The maximum absolute atomic E-state index is 15.1. The monoisotopic (exact) mass is 486 g/mol. The van der Waals surface area contributed by atoms with E-state index in [0.717, 1.165) is 34.9 Å². The maximum Gasteiger partial charge on any atom is 0.146 e. The largest absolute Gasteiger partial charge is 0.205 e. The third-order valence-electron chi connectivity index (χ3n) is 6.69. The van der Waals surface area contributed by atoms with E-state index < -0.39 is 0 Å².